The molecule has 1 aromatic heterocycles. The van der Waals surface area contributed by atoms with Gasteiger partial charge >= 0.3 is 0 Å². The lowest BCUT2D eigenvalue weighted by molar-refractivity contribution is -0.117. The van der Waals surface area contributed by atoms with Crippen LogP contribution in [0.15, 0.2) is 59.8 Å². The van der Waals surface area contributed by atoms with Crippen molar-refractivity contribution in [1.29, 1.82) is 0 Å². The van der Waals surface area contributed by atoms with Crippen LogP contribution in [0.2, 0.25) is 0 Å². The maximum Gasteiger partial charge on any atom is 0.231 e. The van der Waals surface area contributed by atoms with Gasteiger partial charge in [-0.3, -0.25) is 9.89 Å². The van der Waals surface area contributed by atoms with Crippen LogP contribution in [0.25, 0.3) is 11.4 Å². The summed E-state index contributed by atoms with van der Waals surface area (Å²) in [6.07, 6.45) is 1.55. The molecule has 0 aliphatic rings. The molecule has 6 heteroatoms. The number of aryl methyl sites for hydroxylation is 1. The molecular formula is C19H20N4OS. The molecule has 5 nitrogen and oxygen atoms in total. The second-order valence-corrected chi connectivity index (χ2v) is 6.89. The summed E-state index contributed by atoms with van der Waals surface area (Å²) in [4.78, 5) is 16.3. The largest absolute Gasteiger partial charge is 0.369 e. The molecule has 0 spiro atoms. The SMILES string of the molecule is CCc1ccc(-c2nc(SC(Cc3ccccc3)C(N)=O)n[nH]2)cc1. The Balaban J connectivity index is 1.72. The fraction of sp³-hybridized carbons (Fsp3) is 0.211. The minimum Gasteiger partial charge on any atom is -0.369 e. The maximum atomic E-state index is 11.8. The molecule has 1 amide bonds. The van der Waals surface area contributed by atoms with Crippen molar-refractivity contribution in [1.82, 2.24) is 15.2 Å². The smallest absolute Gasteiger partial charge is 0.231 e. The van der Waals surface area contributed by atoms with Crippen molar-refractivity contribution in [3.63, 3.8) is 0 Å². The monoisotopic (exact) mass is 352 g/mol. The number of carbonyl (C=O) groups excluding carboxylic acids is 1. The summed E-state index contributed by atoms with van der Waals surface area (Å²) >= 11 is 1.29. The number of aromatic nitrogens is 3. The van der Waals surface area contributed by atoms with E-state index >= 15 is 0 Å². The van der Waals surface area contributed by atoms with Gasteiger partial charge in [0.05, 0.1) is 5.25 Å². The minimum atomic E-state index is -0.409. The molecule has 3 rings (SSSR count). The maximum absolute atomic E-state index is 11.8. The number of primary amides is 1. The van der Waals surface area contributed by atoms with Crippen molar-refractivity contribution in [3.8, 4) is 11.4 Å². The summed E-state index contributed by atoms with van der Waals surface area (Å²) in [6, 6.07) is 18.0. The molecule has 0 radical (unpaired) electrons. The van der Waals surface area contributed by atoms with Gasteiger partial charge in [0.25, 0.3) is 0 Å². The van der Waals surface area contributed by atoms with Crippen LogP contribution < -0.4 is 5.73 Å². The first-order valence-corrected chi connectivity index (χ1v) is 9.05. The van der Waals surface area contributed by atoms with E-state index < -0.39 is 5.25 Å². The molecule has 3 aromatic rings. The van der Waals surface area contributed by atoms with Crippen LogP contribution in [0.3, 0.4) is 0 Å². The van der Waals surface area contributed by atoms with Crippen LogP contribution in [-0.4, -0.2) is 26.3 Å². The van der Waals surface area contributed by atoms with Gasteiger partial charge in [0.1, 0.15) is 0 Å². The summed E-state index contributed by atoms with van der Waals surface area (Å²) in [6.45, 7) is 2.12. The number of H-pyrrole nitrogens is 1. The van der Waals surface area contributed by atoms with Gasteiger partial charge in [0.15, 0.2) is 5.82 Å². The molecule has 1 atom stereocenters. The lowest BCUT2D eigenvalue weighted by Gasteiger charge is -2.10. The number of nitrogens with one attached hydrogen (secondary N) is 1. The fourth-order valence-corrected chi connectivity index (χ4v) is 3.37. The predicted octanol–water partition coefficient (Wildman–Crippen LogP) is 3.22. The molecule has 2 aromatic carbocycles. The van der Waals surface area contributed by atoms with Crippen molar-refractivity contribution >= 4 is 17.7 Å². The topological polar surface area (TPSA) is 84.7 Å². The third-order valence-electron chi connectivity index (χ3n) is 3.93. The second-order valence-electron chi connectivity index (χ2n) is 5.72. The van der Waals surface area contributed by atoms with Gasteiger partial charge < -0.3 is 5.73 Å². The van der Waals surface area contributed by atoms with Gasteiger partial charge in [0, 0.05) is 5.56 Å². The minimum absolute atomic E-state index is 0.368. The average molecular weight is 352 g/mol. The van der Waals surface area contributed by atoms with Crippen LogP contribution in [0.5, 0.6) is 0 Å². The number of rotatable bonds is 7. The van der Waals surface area contributed by atoms with E-state index in [1.165, 1.54) is 17.3 Å². The highest BCUT2D eigenvalue weighted by Gasteiger charge is 2.20. The molecule has 0 saturated heterocycles. The molecule has 1 unspecified atom stereocenters. The predicted molar refractivity (Wildman–Crippen MR) is 100 cm³/mol. The van der Waals surface area contributed by atoms with Crippen molar-refractivity contribution in [2.75, 3.05) is 0 Å². The van der Waals surface area contributed by atoms with Crippen LogP contribution in [0, 0.1) is 0 Å². The summed E-state index contributed by atoms with van der Waals surface area (Å²) in [5, 5.41) is 7.27. The van der Waals surface area contributed by atoms with Crippen LogP contribution in [0.4, 0.5) is 0 Å². The van der Waals surface area contributed by atoms with Crippen LogP contribution in [-0.2, 0) is 17.6 Å². The molecule has 3 N–H and O–H groups in total. The lowest BCUT2D eigenvalue weighted by Crippen LogP contribution is -2.27. The van der Waals surface area contributed by atoms with Crippen molar-refractivity contribution < 1.29 is 4.79 Å². The number of benzene rings is 2. The Labute approximate surface area is 151 Å². The van der Waals surface area contributed by atoms with E-state index in [0.717, 1.165) is 17.5 Å². The number of aromatic amines is 1. The molecular weight excluding hydrogens is 332 g/mol. The first-order chi connectivity index (χ1) is 12.2. The Morgan fingerprint density at radius 2 is 1.84 bits per heavy atom. The number of amides is 1. The second kappa shape index (κ2) is 7.98. The van der Waals surface area contributed by atoms with Gasteiger partial charge in [-0.15, -0.1) is 5.10 Å². The van der Waals surface area contributed by atoms with Gasteiger partial charge in [-0.25, -0.2) is 4.98 Å². The van der Waals surface area contributed by atoms with Gasteiger partial charge in [-0.05, 0) is 24.0 Å². The Hall–Kier alpha value is -2.60. The number of thioether (sulfide) groups is 1. The van der Waals surface area contributed by atoms with E-state index in [9.17, 15) is 4.79 Å². The number of hydrogen-bond acceptors (Lipinski definition) is 4. The molecule has 0 fully saturated rings. The Bertz CT molecular complexity index is 830. The molecule has 0 bridgehead atoms. The van der Waals surface area contributed by atoms with E-state index in [0.29, 0.717) is 17.4 Å². The van der Waals surface area contributed by atoms with E-state index in [2.05, 4.69) is 34.2 Å². The number of nitrogens with two attached hydrogens (primary N) is 1. The fourth-order valence-electron chi connectivity index (χ4n) is 2.48. The molecule has 25 heavy (non-hydrogen) atoms. The highest BCUT2D eigenvalue weighted by atomic mass is 32.2. The van der Waals surface area contributed by atoms with E-state index in [-0.39, 0.29) is 5.91 Å². The first-order valence-electron chi connectivity index (χ1n) is 8.17. The van der Waals surface area contributed by atoms with Crippen molar-refractivity contribution in [2.24, 2.45) is 5.73 Å². The van der Waals surface area contributed by atoms with E-state index in [1.54, 1.807) is 0 Å². The highest BCUT2D eigenvalue weighted by Crippen LogP contribution is 2.25. The van der Waals surface area contributed by atoms with Crippen molar-refractivity contribution in [2.45, 2.75) is 30.2 Å². The zero-order chi connectivity index (χ0) is 17.6. The summed E-state index contributed by atoms with van der Waals surface area (Å²) in [5.74, 6) is 0.320. The third-order valence-corrected chi connectivity index (χ3v) is 5.01. The van der Waals surface area contributed by atoms with Crippen molar-refractivity contribution in [3.05, 3.63) is 65.7 Å². The summed E-state index contributed by atoms with van der Waals surface area (Å²) in [5.41, 5.74) is 8.86. The molecule has 0 saturated carbocycles. The van der Waals surface area contributed by atoms with E-state index in [1.807, 2.05) is 42.5 Å². The highest BCUT2D eigenvalue weighted by molar-refractivity contribution is 8.00. The number of hydrogen-bond donors (Lipinski definition) is 2. The van der Waals surface area contributed by atoms with Crippen LogP contribution in [0.1, 0.15) is 18.1 Å². The third kappa shape index (κ3) is 4.48. The first kappa shape index (κ1) is 17.2. The molecule has 1 heterocycles. The lowest BCUT2D eigenvalue weighted by atomic mass is 10.1. The molecule has 128 valence electrons. The zero-order valence-corrected chi connectivity index (χ0v) is 14.8. The molecule has 0 aliphatic carbocycles. The normalized spacial score (nSPS) is 12.0. The molecule has 0 aliphatic heterocycles. The Morgan fingerprint density at radius 3 is 2.48 bits per heavy atom. The van der Waals surface area contributed by atoms with Gasteiger partial charge in [-0.2, -0.15) is 0 Å². The number of carbonyl (C=O) groups is 1. The average Bonchev–Trinajstić information content (AvgIpc) is 3.10. The van der Waals surface area contributed by atoms with Crippen LogP contribution >= 0.6 is 11.8 Å². The van der Waals surface area contributed by atoms with Gasteiger partial charge in [-0.1, -0.05) is 73.3 Å². The van der Waals surface area contributed by atoms with E-state index in [4.69, 9.17) is 5.73 Å². The zero-order valence-electron chi connectivity index (χ0n) is 14.0. The standard InChI is InChI=1S/C19H20N4OS/c1-2-13-8-10-15(11-9-13)18-21-19(23-22-18)25-16(17(20)24)12-14-6-4-3-5-7-14/h3-11,16H,2,12H2,1H3,(H2,20,24)(H,21,22,23). The number of nitrogens with zero attached hydrogens (tertiary/aromatic N) is 2. The van der Waals surface area contributed by atoms with Gasteiger partial charge in [0.2, 0.25) is 11.1 Å². The Kier molecular flexibility index (Phi) is 5.50. The Morgan fingerprint density at radius 1 is 1.12 bits per heavy atom. The summed E-state index contributed by atoms with van der Waals surface area (Å²) < 4.78 is 0. The quantitative estimate of drug-likeness (QED) is 0.639. The summed E-state index contributed by atoms with van der Waals surface area (Å²) in [7, 11) is 0.